The van der Waals surface area contributed by atoms with Gasteiger partial charge in [0.15, 0.2) is 0 Å². The third kappa shape index (κ3) is 4.10. The molecule has 0 unspecified atom stereocenters. The number of amides is 1. The van der Waals surface area contributed by atoms with E-state index in [1.165, 1.54) is 12.5 Å². The minimum absolute atomic E-state index is 0.116. The van der Waals surface area contributed by atoms with Crippen LogP contribution in [0, 0.1) is 6.92 Å². The highest BCUT2D eigenvalue weighted by atomic mass is 16.2. The van der Waals surface area contributed by atoms with Crippen molar-refractivity contribution in [2.24, 2.45) is 0 Å². The number of nitrogens with zero attached hydrogens (tertiary/aromatic N) is 4. The van der Waals surface area contributed by atoms with Crippen LogP contribution in [-0.2, 0) is 4.79 Å². The smallest absolute Gasteiger partial charge is 0.252 e. The molecule has 0 radical (unpaired) electrons. The number of piperidine rings is 1. The van der Waals surface area contributed by atoms with Crippen molar-refractivity contribution >= 4 is 11.9 Å². The van der Waals surface area contributed by atoms with Crippen LogP contribution in [-0.4, -0.2) is 71.5 Å². The molecule has 0 atom stereocenters. The summed E-state index contributed by atoms with van der Waals surface area (Å²) in [4.78, 5) is 37.3. The Morgan fingerprint density at radius 2 is 1.83 bits per heavy atom. The molecule has 3 heterocycles. The van der Waals surface area contributed by atoms with Gasteiger partial charge >= 0.3 is 0 Å². The number of aromatic amines is 1. The molecule has 0 bridgehead atoms. The van der Waals surface area contributed by atoms with Gasteiger partial charge in [0.25, 0.3) is 5.56 Å². The third-order valence-corrected chi connectivity index (χ3v) is 4.60. The Hall–Kier alpha value is -1.89. The molecule has 0 saturated carbocycles. The summed E-state index contributed by atoms with van der Waals surface area (Å²) in [6.45, 7) is 7.34. The Labute approximate surface area is 136 Å². The lowest BCUT2D eigenvalue weighted by atomic mass is 10.1. The normalized spacial score (nSPS) is 19.9. The van der Waals surface area contributed by atoms with E-state index in [9.17, 15) is 9.59 Å². The number of carbonyl (C=O) groups excluding carboxylic acids is 1. The second-order valence-corrected chi connectivity index (χ2v) is 6.42. The topological polar surface area (TPSA) is 72.5 Å². The van der Waals surface area contributed by atoms with Crippen molar-refractivity contribution in [2.45, 2.75) is 26.2 Å². The highest BCUT2D eigenvalue weighted by Gasteiger charge is 2.23. The Bertz CT molecular complexity index is 601. The van der Waals surface area contributed by atoms with Crippen LogP contribution in [0.1, 0.15) is 25.0 Å². The Kier molecular flexibility index (Phi) is 4.95. The van der Waals surface area contributed by atoms with Crippen LogP contribution in [0.2, 0.25) is 0 Å². The average molecular weight is 319 g/mol. The molecule has 2 aliphatic heterocycles. The molecule has 0 aromatic carbocycles. The van der Waals surface area contributed by atoms with Gasteiger partial charge in [0.05, 0.1) is 6.54 Å². The van der Waals surface area contributed by atoms with E-state index in [1.807, 2.05) is 11.8 Å². The fourth-order valence-electron chi connectivity index (χ4n) is 3.27. The average Bonchev–Trinajstić information content (AvgIpc) is 2.55. The third-order valence-electron chi connectivity index (χ3n) is 4.60. The minimum atomic E-state index is -0.116. The van der Waals surface area contributed by atoms with Crippen LogP contribution in [0.4, 0.5) is 5.95 Å². The van der Waals surface area contributed by atoms with E-state index in [0.717, 1.165) is 57.8 Å². The van der Waals surface area contributed by atoms with Crippen LogP contribution >= 0.6 is 0 Å². The number of aryl methyl sites for hydroxylation is 1. The summed E-state index contributed by atoms with van der Waals surface area (Å²) in [6.07, 6.45) is 3.50. The minimum Gasteiger partial charge on any atom is -0.342 e. The zero-order chi connectivity index (χ0) is 16.2. The van der Waals surface area contributed by atoms with Gasteiger partial charge in [-0.05, 0) is 26.2 Å². The quantitative estimate of drug-likeness (QED) is 0.862. The summed E-state index contributed by atoms with van der Waals surface area (Å²) in [7, 11) is 0. The highest BCUT2D eigenvalue weighted by Crippen LogP contribution is 2.12. The summed E-state index contributed by atoms with van der Waals surface area (Å²) >= 11 is 0. The molecule has 2 saturated heterocycles. The van der Waals surface area contributed by atoms with Crippen molar-refractivity contribution in [3.63, 3.8) is 0 Å². The molecular weight excluding hydrogens is 294 g/mol. The Morgan fingerprint density at radius 3 is 2.48 bits per heavy atom. The molecular formula is C16H25N5O2. The number of nitrogens with one attached hydrogen (secondary N) is 1. The number of hydrogen-bond donors (Lipinski definition) is 1. The van der Waals surface area contributed by atoms with E-state index < -0.39 is 0 Å². The van der Waals surface area contributed by atoms with E-state index in [2.05, 4.69) is 19.8 Å². The second kappa shape index (κ2) is 7.12. The standard InChI is InChI=1S/C16H25N5O2/c1-13-11-14(22)18-16(17-13)21-9-7-19(8-10-21)12-15(23)20-5-3-2-4-6-20/h11H,2-10,12H2,1H3,(H,17,18,22). The van der Waals surface area contributed by atoms with Gasteiger partial charge in [0.1, 0.15) is 0 Å². The van der Waals surface area contributed by atoms with E-state index in [1.54, 1.807) is 0 Å². The summed E-state index contributed by atoms with van der Waals surface area (Å²) in [5, 5.41) is 0. The number of carbonyl (C=O) groups is 1. The van der Waals surface area contributed by atoms with Gasteiger partial charge in [-0.1, -0.05) is 0 Å². The van der Waals surface area contributed by atoms with Crippen molar-refractivity contribution < 1.29 is 4.79 Å². The zero-order valence-corrected chi connectivity index (χ0v) is 13.8. The van der Waals surface area contributed by atoms with Crippen molar-refractivity contribution in [1.29, 1.82) is 0 Å². The molecule has 1 aromatic rings. The second-order valence-electron chi connectivity index (χ2n) is 6.42. The Morgan fingerprint density at radius 1 is 1.13 bits per heavy atom. The first-order valence-corrected chi connectivity index (χ1v) is 8.45. The molecule has 2 fully saturated rings. The number of H-pyrrole nitrogens is 1. The van der Waals surface area contributed by atoms with Crippen molar-refractivity contribution in [1.82, 2.24) is 19.8 Å². The number of anilines is 1. The van der Waals surface area contributed by atoms with Crippen LogP contribution in [0.3, 0.4) is 0 Å². The van der Waals surface area contributed by atoms with E-state index >= 15 is 0 Å². The number of piperazine rings is 1. The molecule has 126 valence electrons. The molecule has 3 rings (SSSR count). The SMILES string of the molecule is Cc1cc(=O)[nH]c(N2CCN(CC(=O)N3CCCCC3)CC2)n1. The summed E-state index contributed by atoms with van der Waals surface area (Å²) in [5.41, 5.74) is 0.613. The Balaban J connectivity index is 1.52. The lowest BCUT2D eigenvalue weighted by Crippen LogP contribution is -2.51. The zero-order valence-electron chi connectivity index (χ0n) is 13.8. The molecule has 0 aliphatic carbocycles. The van der Waals surface area contributed by atoms with Crippen LogP contribution in [0.5, 0.6) is 0 Å². The number of aromatic nitrogens is 2. The lowest BCUT2D eigenvalue weighted by Gasteiger charge is -2.36. The van der Waals surface area contributed by atoms with E-state index in [0.29, 0.717) is 12.5 Å². The first-order valence-electron chi connectivity index (χ1n) is 8.45. The monoisotopic (exact) mass is 319 g/mol. The molecule has 1 amide bonds. The van der Waals surface area contributed by atoms with Crippen molar-refractivity contribution in [2.75, 3.05) is 50.7 Å². The number of rotatable bonds is 3. The van der Waals surface area contributed by atoms with E-state index in [-0.39, 0.29) is 11.5 Å². The molecule has 2 aliphatic rings. The maximum Gasteiger partial charge on any atom is 0.252 e. The predicted molar refractivity (Wildman–Crippen MR) is 88.7 cm³/mol. The van der Waals surface area contributed by atoms with E-state index in [4.69, 9.17) is 0 Å². The van der Waals surface area contributed by atoms with Gasteiger partial charge in [-0.25, -0.2) is 4.98 Å². The van der Waals surface area contributed by atoms with Gasteiger partial charge in [-0.2, -0.15) is 0 Å². The maximum atomic E-state index is 12.3. The van der Waals surface area contributed by atoms with Crippen LogP contribution in [0.15, 0.2) is 10.9 Å². The summed E-state index contributed by atoms with van der Waals surface area (Å²) < 4.78 is 0. The van der Waals surface area contributed by atoms with Crippen molar-refractivity contribution in [3.8, 4) is 0 Å². The largest absolute Gasteiger partial charge is 0.342 e. The van der Waals surface area contributed by atoms with Gasteiger partial charge in [-0.3, -0.25) is 19.5 Å². The van der Waals surface area contributed by atoms with Crippen LogP contribution in [0.25, 0.3) is 0 Å². The summed E-state index contributed by atoms with van der Waals surface area (Å²) in [6, 6.07) is 1.50. The molecule has 7 heteroatoms. The molecule has 23 heavy (non-hydrogen) atoms. The molecule has 1 N–H and O–H groups in total. The lowest BCUT2D eigenvalue weighted by molar-refractivity contribution is -0.133. The van der Waals surface area contributed by atoms with Crippen molar-refractivity contribution in [3.05, 3.63) is 22.1 Å². The van der Waals surface area contributed by atoms with Gasteiger partial charge in [0.2, 0.25) is 11.9 Å². The van der Waals surface area contributed by atoms with Crippen LogP contribution < -0.4 is 10.5 Å². The molecule has 1 aromatic heterocycles. The predicted octanol–water partition coefficient (Wildman–Crippen LogP) is 0.213. The van der Waals surface area contributed by atoms with Gasteiger partial charge in [-0.15, -0.1) is 0 Å². The maximum absolute atomic E-state index is 12.3. The molecule has 0 spiro atoms. The molecule has 7 nitrogen and oxygen atoms in total. The fourth-order valence-corrected chi connectivity index (χ4v) is 3.27. The highest BCUT2D eigenvalue weighted by molar-refractivity contribution is 5.78. The van der Waals surface area contributed by atoms with Gasteiger partial charge < -0.3 is 9.80 Å². The first kappa shape index (κ1) is 16.0. The number of hydrogen-bond acceptors (Lipinski definition) is 5. The first-order chi connectivity index (χ1) is 11.1. The van der Waals surface area contributed by atoms with Gasteiger partial charge in [0, 0.05) is 51.0 Å². The fraction of sp³-hybridized carbons (Fsp3) is 0.688. The number of likely N-dealkylation sites (tertiary alicyclic amines) is 1. The summed E-state index contributed by atoms with van der Waals surface area (Å²) in [5.74, 6) is 0.886.